The van der Waals surface area contributed by atoms with Crippen LogP contribution in [0.4, 0.5) is 5.69 Å². The number of nitrogens with one attached hydrogen (secondary N) is 2. The number of anilines is 1. The first-order valence-corrected chi connectivity index (χ1v) is 18.2. The summed E-state index contributed by atoms with van der Waals surface area (Å²) in [6.07, 6.45) is 0.722. The van der Waals surface area contributed by atoms with Crippen LogP contribution in [0, 0.1) is 29.6 Å². The van der Waals surface area contributed by atoms with Crippen LogP contribution in [0.1, 0.15) is 55.5 Å². The molecular weight excluding hydrogens is 633 g/mol. The Morgan fingerprint density at radius 1 is 1.00 bits per heavy atom. The molecule has 2 saturated carbocycles. The molecule has 0 radical (unpaired) electrons. The normalized spacial score (nSPS) is 28.6. The van der Waals surface area contributed by atoms with E-state index in [1.54, 1.807) is 11.8 Å². The molecule has 2 aromatic carbocycles. The van der Waals surface area contributed by atoms with E-state index in [0.29, 0.717) is 5.69 Å². The number of primary sulfonamides is 1. The number of rotatable bonds is 6. The number of aromatic amines is 1. The predicted octanol–water partition coefficient (Wildman–Crippen LogP) is 3.88. The summed E-state index contributed by atoms with van der Waals surface area (Å²) in [6.45, 7) is 6.50. The lowest BCUT2D eigenvalue weighted by molar-refractivity contribution is -0.141. The Morgan fingerprint density at radius 3 is 2.27 bits per heavy atom. The number of carbonyl (C=O) groups excluding carboxylic acids is 3. The Labute approximate surface area is 269 Å². The molecule has 2 aliphatic carbocycles. The van der Waals surface area contributed by atoms with Gasteiger partial charge in [0, 0.05) is 34.7 Å². The van der Waals surface area contributed by atoms with Crippen molar-refractivity contribution in [2.24, 2.45) is 34.7 Å². The molecule has 3 aromatic rings. The fourth-order valence-electron chi connectivity index (χ4n) is 8.03. The van der Waals surface area contributed by atoms with Gasteiger partial charge in [-0.2, -0.15) is 0 Å². The summed E-state index contributed by atoms with van der Waals surface area (Å²) in [5, 5.41) is 8.80. The molecule has 10 nitrogen and oxygen atoms in total. The Morgan fingerprint density at radius 2 is 1.64 bits per heavy atom. The van der Waals surface area contributed by atoms with Gasteiger partial charge in [0.25, 0.3) is 0 Å². The molecule has 1 aromatic heterocycles. The van der Waals surface area contributed by atoms with Crippen LogP contribution >= 0.6 is 23.1 Å². The van der Waals surface area contributed by atoms with Crippen LogP contribution in [-0.4, -0.2) is 47.8 Å². The van der Waals surface area contributed by atoms with E-state index in [0.717, 1.165) is 21.9 Å². The van der Waals surface area contributed by atoms with Crippen molar-refractivity contribution >= 4 is 56.5 Å². The van der Waals surface area contributed by atoms with E-state index >= 15 is 0 Å². The van der Waals surface area contributed by atoms with Gasteiger partial charge in [-0.3, -0.25) is 24.1 Å². The maximum atomic E-state index is 13.9. The molecule has 3 heterocycles. The summed E-state index contributed by atoms with van der Waals surface area (Å²) in [5.74, 6) is -1.57. The number of H-pyrrole nitrogens is 1. The smallest absolute Gasteiger partial charge is 0.305 e. The predicted molar refractivity (Wildman–Crippen MR) is 171 cm³/mol. The minimum Gasteiger partial charge on any atom is -0.326 e. The summed E-state index contributed by atoms with van der Waals surface area (Å²) in [7, 11) is -3.85. The number of nitrogens with two attached hydrogens (primary N) is 1. The van der Waals surface area contributed by atoms with Crippen molar-refractivity contribution in [3.8, 4) is 0 Å². The molecule has 0 spiro atoms. The second kappa shape index (κ2) is 10.6. The molecule has 7 atom stereocenters. The van der Waals surface area contributed by atoms with Crippen molar-refractivity contribution in [2.45, 2.75) is 60.1 Å². The van der Waals surface area contributed by atoms with E-state index in [1.165, 1.54) is 46.1 Å². The number of nitrogens with zero attached hydrogens (tertiary/aromatic N) is 1. The van der Waals surface area contributed by atoms with Gasteiger partial charge in [-0.25, -0.2) is 13.6 Å². The maximum absolute atomic E-state index is 13.9. The van der Waals surface area contributed by atoms with Crippen LogP contribution in [0.2, 0.25) is 0 Å². The molecule has 3 amide bonds. The molecule has 4 N–H and O–H groups in total. The van der Waals surface area contributed by atoms with Crippen LogP contribution in [-0.2, 0) is 29.8 Å². The summed E-state index contributed by atoms with van der Waals surface area (Å²) in [4.78, 5) is 58.0. The highest BCUT2D eigenvalue weighted by atomic mass is 32.2. The highest BCUT2D eigenvalue weighted by Gasteiger charge is 2.69. The highest BCUT2D eigenvalue weighted by molar-refractivity contribution is 8.00. The SMILES string of the molecule is CC(C)(C)c1ccc(C2c3sc(=O)[nH]c3SC3C4CC(C5C(=O)N(CCC(=O)Nc6ccc(S(N)(=O)=O)cc6)C(=O)C45)C23)cc1. The number of thiazole rings is 1. The van der Waals surface area contributed by atoms with Crippen molar-refractivity contribution in [3.05, 3.63) is 74.2 Å². The van der Waals surface area contributed by atoms with Crippen LogP contribution in [0.15, 0.2) is 63.2 Å². The zero-order valence-electron chi connectivity index (χ0n) is 25.0. The van der Waals surface area contributed by atoms with Crippen LogP contribution in [0.3, 0.4) is 0 Å². The number of amides is 3. The average Bonchev–Trinajstić information content (AvgIpc) is 3.70. The molecule has 2 bridgehead atoms. The Hall–Kier alpha value is -3.26. The number of likely N-dealkylation sites (tertiary alicyclic amines) is 1. The Kier molecular flexibility index (Phi) is 7.19. The molecule has 1 saturated heterocycles. The summed E-state index contributed by atoms with van der Waals surface area (Å²) in [5.41, 5.74) is 2.73. The third kappa shape index (κ3) is 5.08. The zero-order chi connectivity index (χ0) is 32.0. The zero-order valence-corrected chi connectivity index (χ0v) is 27.4. The molecule has 236 valence electrons. The van der Waals surface area contributed by atoms with E-state index in [9.17, 15) is 27.6 Å². The molecule has 45 heavy (non-hydrogen) atoms. The van der Waals surface area contributed by atoms with Crippen molar-refractivity contribution in [1.29, 1.82) is 0 Å². The number of benzene rings is 2. The molecule has 7 unspecified atom stereocenters. The van der Waals surface area contributed by atoms with Crippen LogP contribution in [0.5, 0.6) is 0 Å². The third-order valence-corrected chi connectivity index (χ3v) is 13.5. The lowest BCUT2D eigenvalue weighted by atomic mass is 9.68. The fourth-order valence-corrected chi connectivity index (χ4v) is 11.4. The van der Waals surface area contributed by atoms with Gasteiger partial charge < -0.3 is 10.3 Å². The minimum atomic E-state index is -3.85. The monoisotopic (exact) mass is 666 g/mol. The summed E-state index contributed by atoms with van der Waals surface area (Å²) in [6, 6.07) is 14.1. The molecule has 3 fully saturated rings. The molecule has 4 aliphatic rings. The fraction of sp³-hybridized carbons (Fsp3) is 0.438. The lowest BCUT2D eigenvalue weighted by Gasteiger charge is -2.43. The molecular formula is C32H34N4O6S3. The Balaban J connectivity index is 1.11. The largest absolute Gasteiger partial charge is 0.326 e. The van der Waals surface area contributed by atoms with E-state index in [1.807, 2.05) is 0 Å². The number of hydrogen-bond acceptors (Lipinski definition) is 8. The number of imide groups is 1. The number of fused-ring (bicyclic) bond motifs is 9. The van der Waals surface area contributed by atoms with Crippen LogP contribution in [0.25, 0.3) is 0 Å². The first kappa shape index (κ1) is 30.4. The van der Waals surface area contributed by atoms with Gasteiger partial charge in [-0.1, -0.05) is 56.4 Å². The van der Waals surface area contributed by atoms with E-state index in [4.69, 9.17) is 5.14 Å². The number of carbonyl (C=O) groups is 3. The number of sulfonamides is 1. The van der Waals surface area contributed by atoms with Gasteiger partial charge >= 0.3 is 4.87 Å². The molecule has 2 aliphatic heterocycles. The van der Waals surface area contributed by atoms with Crippen molar-refractivity contribution < 1.29 is 22.8 Å². The number of thioether (sulfide) groups is 1. The minimum absolute atomic E-state index is 0.00245. The van der Waals surface area contributed by atoms with Crippen molar-refractivity contribution in [3.63, 3.8) is 0 Å². The Bertz CT molecular complexity index is 1880. The standard InChI is InChI=1S/C32H34N4O6S3/c1-32(2,3)16-6-4-15(5-7-16)22-23-19-14-20(26(23)43-28-27(22)44-31(40)35-28)25-24(19)29(38)36(30(25)39)13-12-21(37)34-17-8-10-18(11-9-17)45(33,41)42/h4-11,19-20,22-26H,12-14H2,1-3H3,(H,34,37)(H,35,40)(H2,33,41,42). The van der Waals surface area contributed by atoms with E-state index in [-0.39, 0.29) is 68.9 Å². The van der Waals surface area contributed by atoms with Crippen molar-refractivity contribution in [2.75, 3.05) is 11.9 Å². The second-order valence-electron chi connectivity index (χ2n) is 13.5. The van der Waals surface area contributed by atoms with Gasteiger partial charge in [-0.15, -0.1) is 11.8 Å². The maximum Gasteiger partial charge on any atom is 0.305 e. The summed E-state index contributed by atoms with van der Waals surface area (Å²) >= 11 is 2.90. The first-order valence-electron chi connectivity index (χ1n) is 15.0. The van der Waals surface area contributed by atoms with Gasteiger partial charge in [0.2, 0.25) is 27.7 Å². The van der Waals surface area contributed by atoms with Crippen molar-refractivity contribution in [1.82, 2.24) is 9.88 Å². The number of aromatic nitrogens is 1. The van der Waals surface area contributed by atoms with Gasteiger partial charge in [0.1, 0.15) is 0 Å². The molecule has 13 heteroatoms. The number of hydrogen-bond donors (Lipinski definition) is 3. The van der Waals surface area contributed by atoms with Gasteiger partial charge in [-0.05, 0) is 65.0 Å². The molecule has 7 rings (SSSR count). The topological polar surface area (TPSA) is 160 Å². The summed E-state index contributed by atoms with van der Waals surface area (Å²) < 4.78 is 23.0. The quantitative estimate of drug-likeness (QED) is 0.337. The van der Waals surface area contributed by atoms with Gasteiger partial charge in [0.05, 0.1) is 21.8 Å². The van der Waals surface area contributed by atoms with E-state index in [2.05, 4.69) is 55.3 Å². The van der Waals surface area contributed by atoms with Crippen LogP contribution < -0.4 is 15.3 Å². The second-order valence-corrected chi connectivity index (χ2v) is 17.3. The lowest BCUT2D eigenvalue weighted by Crippen LogP contribution is -2.42. The van der Waals surface area contributed by atoms with E-state index < -0.39 is 27.8 Å². The highest BCUT2D eigenvalue weighted by Crippen LogP contribution is 2.68. The third-order valence-electron chi connectivity index (χ3n) is 9.98. The first-order chi connectivity index (χ1) is 21.2. The van der Waals surface area contributed by atoms with Gasteiger partial charge in [0.15, 0.2) is 0 Å². The average molecular weight is 667 g/mol.